The molecule has 0 aliphatic rings. The van der Waals surface area contributed by atoms with Crippen molar-refractivity contribution in [1.82, 2.24) is 0 Å². The lowest BCUT2D eigenvalue weighted by atomic mass is 9.94. The molecule has 0 atom stereocenters. The summed E-state index contributed by atoms with van der Waals surface area (Å²) in [4.78, 5) is 2.35. The van der Waals surface area contributed by atoms with Crippen LogP contribution in [0.3, 0.4) is 0 Å². The van der Waals surface area contributed by atoms with Crippen molar-refractivity contribution in [2.45, 2.75) is 0 Å². The fourth-order valence-corrected chi connectivity index (χ4v) is 10.2. The maximum absolute atomic E-state index is 6.26. The molecule has 0 aliphatic carbocycles. The van der Waals surface area contributed by atoms with Gasteiger partial charge in [0.2, 0.25) is 0 Å². The second-order valence-corrected chi connectivity index (χ2v) is 17.2. The molecule has 0 fully saturated rings. The molecule has 308 valence electrons. The predicted octanol–water partition coefficient (Wildman–Crippen LogP) is 18.3. The molecule has 0 unspecified atom stereocenters. The number of nitrogens with zero attached hydrogens (tertiary/aromatic N) is 1. The monoisotopic (exact) mass is 839 g/mol. The van der Waals surface area contributed by atoms with Crippen LogP contribution in [-0.2, 0) is 0 Å². The molecule has 0 spiro atoms. The highest BCUT2D eigenvalue weighted by molar-refractivity contribution is 6.14. The lowest BCUT2D eigenvalue weighted by molar-refractivity contribution is 0.669. The summed E-state index contributed by atoms with van der Waals surface area (Å²) in [6.07, 6.45) is 0. The van der Waals surface area contributed by atoms with Crippen LogP contribution >= 0.6 is 0 Å². The topological polar surface area (TPSA) is 16.4 Å². The first-order valence-corrected chi connectivity index (χ1v) is 22.6. The number of benzene rings is 12. The minimum absolute atomic E-state index is 0.899. The average Bonchev–Trinajstić information content (AvgIpc) is 3.78. The third kappa shape index (κ3) is 6.42. The van der Waals surface area contributed by atoms with E-state index in [9.17, 15) is 0 Å². The highest BCUT2D eigenvalue weighted by Gasteiger charge is 2.17. The summed E-state index contributed by atoms with van der Waals surface area (Å²) in [5.41, 5.74) is 14.5. The predicted molar refractivity (Wildman–Crippen MR) is 280 cm³/mol. The number of hydrogen-bond donors (Lipinski definition) is 0. The lowest BCUT2D eigenvalue weighted by Gasteiger charge is -2.26. The van der Waals surface area contributed by atoms with Gasteiger partial charge in [0.05, 0.1) is 0 Å². The Morgan fingerprint density at radius 3 is 1.35 bits per heavy atom. The molecule has 2 heteroatoms. The van der Waals surface area contributed by atoms with Gasteiger partial charge in [0.1, 0.15) is 11.2 Å². The highest BCUT2D eigenvalue weighted by atomic mass is 16.3. The Hall–Kier alpha value is -8.72. The van der Waals surface area contributed by atoms with Crippen molar-refractivity contribution in [1.29, 1.82) is 0 Å². The van der Waals surface area contributed by atoms with Gasteiger partial charge >= 0.3 is 0 Å². The molecule has 0 aliphatic heterocycles. The number of rotatable bonds is 7. The number of fused-ring (bicyclic) bond motifs is 9. The Labute approximate surface area is 382 Å². The summed E-state index contributed by atoms with van der Waals surface area (Å²) in [5, 5.41) is 12.4. The molecule has 13 rings (SSSR count). The van der Waals surface area contributed by atoms with Gasteiger partial charge in [-0.15, -0.1) is 0 Å². The summed E-state index contributed by atoms with van der Waals surface area (Å²) in [6.45, 7) is 0. The Morgan fingerprint density at radius 2 is 0.667 bits per heavy atom. The van der Waals surface area contributed by atoms with E-state index >= 15 is 0 Å². The summed E-state index contributed by atoms with van der Waals surface area (Å²) in [7, 11) is 0. The number of furan rings is 1. The maximum Gasteiger partial charge on any atom is 0.136 e. The minimum Gasteiger partial charge on any atom is -0.456 e. The van der Waals surface area contributed by atoms with Crippen molar-refractivity contribution in [3.05, 3.63) is 249 Å². The summed E-state index contributed by atoms with van der Waals surface area (Å²) < 4.78 is 6.26. The molecule has 0 saturated carbocycles. The quantitative estimate of drug-likeness (QED) is 0.149. The summed E-state index contributed by atoms with van der Waals surface area (Å²) in [5.74, 6) is 0. The van der Waals surface area contributed by atoms with Gasteiger partial charge in [-0.3, -0.25) is 0 Å². The van der Waals surface area contributed by atoms with Crippen LogP contribution in [0.25, 0.3) is 110 Å². The fourth-order valence-electron chi connectivity index (χ4n) is 10.2. The van der Waals surface area contributed by atoms with Crippen LogP contribution < -0.4 is 4.90 Å². The average molecular weight is 840 g/mol. The second-order valence-electron chi connectivity index (χ2n) is 17.2. The van der Waals surface area contributed by atoms with Gasteiger partial charge in [-0.05, 0) is 142 Å². The van der Waals surface area contributed by atoms with E-state index in [4.69, 9.17) is 4.42 Å². The summed E-state index contributed by atoms with van der Waals surface area (Å²) >= 11 is 0. The van der Waals surface area contributed by atoms with Gasteiger partial charge in [0.15, 0.2) is 0 Å². The van der Waals surface area contributed by atoms with Gasteiger partial charge in [0, 0.05) is 27.8 Å². The molecular formula is C64H41NO. The van der Waals surface area contributed by atoms with E-state index in [-0.39, 0.29) is 0 Å². The first-order chi connectivity index (χ1) is 32.7. The van der Waals surface area contributed by atoms with Crippen LogP contribution in [0.4, 0.5) is 17.1 Å². The minimum atomic E-state index is 0.899. The Bertz CT molecular complexity index is 3960. The molecule has 0 amide bonds. The van der Waals surface area contributed by atoms with Gasteiger partial charge in [-0.2, -0.15) is 0 Å². The van der Waals surface area contributed by atoms with Gasteiger partial charge in [0.25, 0.3) is 0 Å². The third-order valence-corrected chi connectivity index (χ3v) is 13.5. The fraction of sp³-hybridized carbons (Fsp3) is 0. The molecule has 66 heavy (non-hydrogen) atoms. The summed E-state index contributed by atoms with van der Waals surface area (Å²) in [6, 6.07) is 90.2. The maximum atomic E-state index is 6.26. The molecule has 2 nitrogen and oxygen atoms in total. The zero-order valence-corrected chi connectivity index (χ0v) is 36.0. The lowest BCUT2D eigenvalue weighted by Crippen LogP contribution is -2.09. The third-order valence-electron chi connectivity index (χ3n) is 13.5. The largest absolute Gasteiger partial charge is 0.456 e. The van der Waals surface area contributed by atoms with E-state index in [2.05, 4.69) is 241 Å². The van der Waals surface area contributed by atoms with Crippen LogP contribution in [0.15, 0.2) is 253 Å². The molecule has 1 aromatic heterocycles. The van der Waals surface area contributed by atoms with Gasteiger partial charge in [-0.25, -0.2) is 0 Å². The van der Waals surface area contributed by atoms with Crippen molar-refractivity contribution in [3.8, 4) is 44.5 Å². The van der Waals surface area contributed by atoms with Crippen molar-refractivity contribution >= 4 is 82.1 Å². The molecule has 1 heterocycles. The molecule has 0 radical (unpaired) electrons. The van der Waals surface area contributed by atoms with E-state index in [1.807, 2.05) is 12.1 Å². The Balaban J connectivity index is 0.853. The van der Waals surface area contributed by atoms with E-state index in [0.717, 1.165) is 50.1 Å². The van der Waals surface area contributed by atoms with E-state index in [1.54, 1.807) is 0 Å². The Kier molecular flexibility index (Phi) is 8.89. The molecule has 0 saturated heterocycles. The molecule has 0 bridgehead atoms. The van der Waals surface area contributed by atoms with Crippen LogP contribution in [0.5, 0.6) is 0 Å². The first-order valence-electron chi connectivity index (χ1n) is 22.6. The smallest absolute Gasteiger partial charge is 0.136 e. The van der Waals surface area contributed by atoms with Crippen molar-refractivity contribution in [2.24, 2.45) is 0 Å². The molecule has 0 N–H and O–H groups in total. The van der Waals surface area contributed by atoms with Crippen molar-refractivity contribution in [2.75, 3.05) is 4.90 Å². The number of para-hydroxylation sites is 1. The van der Waals surface area contributed by atoms with E-state index < -0.39 is 0 Å². The highest BCUT2D eigenvalue weighted by Crippen LogP contribution is 2.42. The van der Waals surface area contributed by atoms with Crippen molar-refractivity contribution in [3.63, 3.8) is 0 Å². The van der Waals surface area contributed by atoms with Gasteiger partial charge in [-0.1, -0.05) is 194 Å². The van der Waals surface area contributed by atoms with Crippen molar-refractivity contribution < 1.29 is 4.42 Å². The van der Waals surface area contributed by atoms with Crippen LogP contribution in [0.2, 0.25) is 0 Å². The van der Waals surface area contributed by atoms with Crippen LogP contribution in [-0.4, -0.2) is 0 Å². The van der Waals surface area contributed by atoms with Crippen LogP contribution in [0, 0.1) is 0 Å². The van der Waals surface area contributed by atoms with Crippen LogP contribution in [0.1, 0.15) is 0 Å². The SMILES string of the molecule is c1ccc2c(c1)ccc1cc(-c3ccc(-c4ccc(N(c5ccc(-c6cccc7c6ccc6ccccc67)cc5)c5ccc(-c6cccc7oc8ccccc8c67)cc5)cc4)cc3)ccc12. The second kappa shape index (κ2) is 15.5. The molecule has 13 aromatic rings. The Morgan fingerprint density at radius 1 is 0.242 bits per heavy atom. The van der Waals surface area contributed by atoms with E-state index in [0.29, 0.717) is 0 Å². The zero-order valence-electron chi connectivity index (χ0n) is 36.0. The molecular weight excluding hydrogens is 799 g/mol. The van der Waals surface area contributed by atoms with Gasteiger partial charge < -0.3 is 9.32 Å². The standard InChI is InChI=1S/C64H41NO/c1-3-11-54-45(9-1)23-24-50-41-49(32-39-57(50)54)44-21-19-42(20-22-44)43-25-33-51(34-26-43)65(53-37-29-48(30-38-53)58-15-8-18-63-64(58)61-13-5-6-17-62(61)66-63)52-35-27-47(28-36-52)56-14-7-16-59-55-12-4-2-10-46(55)31-40-60(56)59/h1-41H. The first kappa shape index (κ1) is 37.8. The van der Waals surface area contributed by atoms with E-state index in [1.165, 1.54) is 76.5 Å². The molecule has 12 aromatic carbocycles. The zero-order chi connectivity index (χ0) is 43.6. The number of anilines is 3. The normalized spacial score (nSPS) is 11.6. The number of hydrogen-bond acceptors (Lipinski definition) is 2.